The second kappa shape index (κ2) is 23.2. The van der Waals surface area contributed by atoms with Gasteiger partial charge < -0.3 is 39.7 Å². The molecule has 2 aliphatic heterocycles. The van der Waals surface area contributed by atoms with Gasteiger partial charge >= 0.3 is 11.9 Å². The summed E-state index contributed by atoms with van der Waals surface area (Å²) in [5.41, 5.74) is 8.48. The summed E-state index contributed by atoms with van der Waals surface area (Å²) in [6.45, 7) is 7.67. The molecule has 0 fully saturated rings. The monoisotopic (exact) mass is 1010 g/mol. The van der Waals surface area contributed by atoms with Crippen LogP contribution in [0.2, 0.25) is 0 Å². The molecule has 16 nitrogen and oxygen atoms in total. The quantitative estimate of drug-likeness (QED) is 0.0694. The van der Waals surface area contributed by atoms with E-state index in [1.54, 1.807) is 0 Å². The van der Waals surface area contributed by atoms with Crippen LogP contribution >= 0.6 is 11.8 Å². The standard InChI is InChI=1S/C19H20N2.C18H22N2S.C10H8O6S2.C4H6O6/c1-20-12-11-19-17(14-20)16-9-5-6-10-18(16)21(19)13-15-7-3-2-4-8-15;1-14(12-19(2)3)13-20-15-8-4-6-10-17(15)21-18-11-7-5-9-16(18)20;11-17(12,13)9-5-1-3-7-8(9)4-2-6-10(7)18(14,15)16;5-1(3(7)8)2(6)4(9)10/h2-10H,11-14H2,1H3;4-11,14H,12-13H2,1-3H3;1-6H,(H,11,12,13)(H,14,15,16);1-2,5-6H,(H,7,8)(H,9,10). The van der Waals surface area contributed by atoms with E-state index in [0.717, 1.165) is 51.3 Å². The Bertz CT molecular complexity index is 3050. The highest BCUT2D eigenvalue weighted by Gasteiger charge is 2.29. The minimum absolute atomic E-state index is 0.0233. The average molecular weight is 1010 g/mol. The summed E-state index contributed by atoms with van der Waals surface area (Å²) >= 11 is 1.88. The van der Waals surface area contributed by atoms with Gasteiger partial charge in [-0.15, -0.1) is 0 Å². The second-order valence-electron chi connectivity index (χ2n) is 17.1. The number of benzene rings is 6. The van der Waals surface area contributed by atoms with E-state index in [-0.39, 0.29) is 10.8 Å². The molecule has 3 heterocycles. The lowest BCUT2D eigenvalue weighted by molar-refractivity contribution is -0.165. The first-order valence-electron chi connectivity index (χ1n) is 22.0. The van der Waals surface area contributed by atoms with Crippen molar-refractivity contribution in [3.8, 4) is 0 Å². The van der Waals surface area contributed by atoms with Crippen LogP contribution in [0.4, 0.5) is 11.4 Å². The van der Waals surface area contributed by atoms with E-state index in [1.165, 1.54) is 73.2 Å². The van der Waals surface area contributed by atoms with E-state index in [4.69, 9.17) is 29.5 Å². The van der Waals surface area contributed by atoms with Crippen molar-refractivity contribution >= 4 is 77.0 Å². The highest BCUT2D eigenvalue weighted by atomic mass is 32.2. The second-order valence-corrected chi connectivity index (χ2v) is 21.0. The number of likely N-dealkylation sites (N-methyl/N-ethyl adjacent to an activating group) is 1. The molecular weight excluding hydrogens is 957 g/mol. The van der Waals surface area contributed by atoms with Gasteiger partial charge in [-0.25, -0.2) is 9.59 Å². The Morgan fingerprint density at radius 2 is 1.13 bits per heavy atom. The zero-order valence-corrected chi connectivity index (χ0v) is 41.3. The number of aliphatic hydroxyl groups excluding tert-OH is 2. The number of hydrogen-bond donors (Lipinski definition) is 6. The van der Waals surface area contributed by atoms with Gasteiger partial charge in [0.15, 0.2) is 12.2 Å². The smallest absolute Gasteiger partial charge is 0.335 e. The fraction of sp³-hybridized carbons (Fsp3) is 0.255. The first-order chi connectivity index (χ1) is 33.1. The summed E-state index contributed by atoms with van der Waals surface area (Å²) in [7, 11) is -2.44. The van der Waals surface area contributed by atoms with Gasteiger partial charge in [0.1, 0.15) is 9.79 Å². The minimum atomic E-state index is -4.47. The third-order valence-electron chi connectivity index (χ3n) is 11.4. The van der Waals surface area contributed by atoms with Crippen LogP contribution in [-0.2, 0) is 49.3 Å². The predicted molar refractivity (Wildman–Crippen MR) is 270 cm³/mol. The van der Waals surface area contributed by atoms with Gasteiger partial charge in [-0.1, -0.05) is 116 Å². The van der Waals surface area contributed by atoms with E-state index < -0.39 is 54.2 Å². The maximum Gasteiger partial charge on any atom is 0.335 e. The molecule has 3 unspecified atom stereocenters. The van der Waals surface area contributed by atoms with Crippen molar-refractivity contribution in [2.75, 3.05) is 45.7 Å². The third kappa shape index (κ3) is 13.2. The number of anilines is 2. The molecule has 0 amide bonds. The lowest BCUT2D eigenvalue weighted by Gasteiger charge is -2.35. The number of hydrogen-bond acceptors (Lipinski definition) is 12. The topological polar surface area (TPSA) is 238 Å². The molecule has 370 valence electrons. The SMILES string of the molecule is CC(CN(C)C)CN1c2ccccc2Sc2ccccc21.CN1CCc2c(c3ccccc3n2Cc2ccccc2)C1.O=C(O)C(O)C(O)C(=O)O.O=S(=O)(O)c1cccc2c(S(=O)(=O)O)cccc12. The van der Waals surface area contributed by atoms with E-state index in [9.17, 15) is 26.4 Å². The molecule has 0 saturated carbocycles. The Morgan fingerprint density at radius 3 is 1.63 bits per heavy atom. The summed E-state index contributed by atoms with van der Waals surface area (Å²) in [4.78, 5) is 28.6. The first kappa shape index (κ1) is 53.2. The molecule has 0 radical (unpaired) electrons. The molecule has 7 aromatic rings. The third-order valence-corrected chi connectivity index (χ3v) is 14.4. The van der Waals surface area contributed by atoms with Gasteiger partial charge in [0.25, 0.3) is 20.2 Å². The van der Waals surface area contributed by atoms with Crippen LogP contribution in [0.3, 0.4) is 0 Å². The van der Waals surface area contributed by atoms with Crippen molar-refractivity contribution in [1.82, 2.24) is 14.4 Å². The van der Waals surface area contributed by atoms with Crippen LogP contribution in [0.5, 0.6) is 0 Å². The van der Waals surface area contributed by atoms with Gasteiger partial charge in [0, 0.05) is 76.3 Å². The van der Waals surface area contributed by atoms with Gasteiger partial charge in [-0.2, -0.15) is 16.8 Å². The zero-order valence-electron chi connectivity index (χ0n) is 38.9. The average Bonchev–Trinajstić information content (AvgIpc) is 3.62. The Hall–Kier alpha value is -6.13. The maximum absolute atomic E-state index is 11.2. The van der Waals surface area contributed by atoms with Crippen molar-refractivity contribution < 1.29 is 56.0 Å². The summed E-state index contributed by atoms with van der Waals surface area (Å²) in [5.74, 6) is -2.92. The summed E-state index contributed by atoms with van der Waals surface area (Å²) < 4.78 is 65.2. The zero-order chi connectivity index (χ0) is 50.9. The number of rotatable bonds is 11. The van der Waals surface area contributed by atoms with Crippen LogP contribution in [0.15, 0.2) is 159 Å². The van der Waals surface area contributed by atoms with Gasteiger partial charge in [-0.3, -0.25) is 9.11 Å². The molecule has 3 atom stereocenters. The Balaban J connectivity index is 0.000000158. The first-order valence-corrected chi connectivity index (χ1v) is 25.7. The van der Waals surface area contributed by atoms with Gasteiger partial charge in [-0.05, 0) is 80.7 Å². The van der Waals surface area contributed by atoms with Crippen molar-refractivity contribution in [3.05, 3.63) is 156 Å². The highest BCUT2D eigenvalue weighted by molar-refractivity contribution is 7.99. The Morgan fingerprint density at radius 1 is 0.657 bits per heavy atom. The molecular formula is C51H56N4O12S3. The van der Waals surface area contributed by atoms with E-state index in [1.807, 2.05) is 11.8 Å². The number of aliphatic hydroxyl groups is 2. The largest absolute Gasteiger partial charge is 0.479 e. The lowest BCUT2D eigenvalue weighted by atomic mass is 10.1. The van der Waals surface area contributed by atoms with Crippen LogP contribution in [0, 0.1) is 5.92 Å². The van der Waals surface area contributed by atoms with Crippen molar-refractivity contribution in [2.45, 2.75) is 58.2 Å². The van der Waals surface area contributed by atoms with Crippen molar-refractivity contribution in [2.24, 2.45) is 5.92 Å². The number of carbonyl (C=O) groups is 2. The number of carboxylic acid groups (broad SMARTS) is 2. The number of para-hydroxylation sites is 3. The molecule has 2 aliphatic rings. The van der Waals surface area contributed by atoms with Crippen LogP contribution in [0.1, 0.15) is 23.7 Å². The molecule has 0 aliphatic carbocycles. The van der Waals surface area contributed by atoms with Crippen molar-refractivity contribution in [1.29, 1.82) is 0 Å². The molecule has 6 N–H and O–H groups in total. The fourth-order valence-corrected chi connectivity index (χ4v) is 10.9. The Labute approximate surface area is 411 Å². The van der Waals surface area contributed by atoms with Crippen LogP contribution in [-0.4, -0.2) is 126 Å². The summed E-state index contributed by atoms with van der Waals surface area (Å²) in [5, 5.41) is 34.0. The summed E-state index contributed by atoms with van der Waals surface area (Å²) in [6, 6.07) is 44.6. The van der Waals surface area contributed by atoms with Crippen molar-refractivity contribution in [3.63, 3.8) is 0 Å². The molecule has 6 aromatic carbocycles. The van der Waals surface area contributed by atoms with Crippen LogP contribution < -0.4 is 4.90 Å². The summed E-state index contributed by atoms with van der Waals surface area (Å²) in [6.07, 6.45) is -3.39. The number of fused-ring (bicyclic) bond motifs is 6. The number of aliphatic carboxylic acids is 2. The number of carboxylic acids is 2. The molecule has 19 heteroatoms. The fourth-order valence-electron chi connectivity index (χ4n) is 8.43. The van der Waals surface area contributed by atoms with E-state index >= 15 is 0 Å². The normalized spacial score (nSPS) is 14.6. The van der Waals surface area contributed by atoms with Gasteiger partial charge in [0.2, 0.25) is 0 Å². The predicted octanol–water partition coefficient (Wildman–Crippen LogP) is 7.38. The lowest BCUT2D eigenvalue weighted by Crippen LogP contribution is -2.39. The maximum atomic E-state index is 11.2. The molecule has 0 spiro atoms. The van der Waals surface area contributed by atoms with E-state index in [0.29, 0.717) is 5.92 Å². The van der Waals surface area contributed by atoms with Gasteiger partial charge in [0.05, 0.1) is 11.4 Å². The van der Waals surface area contributed by atoms with E-state index in [2.05, 4.69) is 150 Å². The number of aromatic nitrogens is 1. The molecule has 9 rings (SSSR count). The molecule has 0 saturated heterocycles. The molecule has 70 heavy (non-hydrogen) atoms. The molecule has 0 bridgehead atoms. The number of nitrogens with zero attached hydrogens (tertiary/aromatic N) is 4. The molecule has 1 aromatic heterocycles. The highest BCUT2D eigenvalue weighted by Crippen LogP contribution is 2.48. The Kier molecular flexibility index (Phi) is 17.6. The minimum Gasteiger partial charge on any atom is -0.479 e. The van der Waals surface area contributed by atoms with Crippen LogP contribution in [0.25, 0.3) is 21.7 Å².